The number of nitrogens with zero attached hydrogens (tertiary/aromatic N) is 4. The second kappa shape index (κ2) is 5.27. The predicted octanol–water partition coefficient (Wildman–Crippen LogP) is 3.26. The molecule has 0 saturated heterocycles. The number of nitrogen functional groups attached to an aromatic ring is 1. The van der Waals surface area contributed by atoms with E-state index in [1.54, 1.807) is 6.92 Å². The number of anilines is 1. The van der Waals surface area contributed by atoms with Gasteiger partial charge in [-0.1, -0.05) is 17.7 Å². The highest BCUT2D eigenvalue weighted by molar-refractivity contribution is 6.33. The molecule has 120 valence electrons. The number of ether oxygens (including phenoxy) is 1. The number of aryl methyl sites for hydroxylation is 1. The van der Waals surface area contributed by atoms with Crippen molar-refractivity contribution in [1.82, 2.24) is 19.5 Å². The van der Waals surface area contributed by atoms with E-state index >= 15 is 0 Å². The summed E-state index contributed by atoms with van der Waals surface area (Å²) in [6.07, 6.45) is -4.79. The van der Waals surface area contributed by atoms with E-state index in [4.69, 9.17) is 17.3 Å². The number of hydrogen-bond acceptors (Lipinski definition) is 5. The van der Waals surface area contributed by atoms with Gasteiger partial charge in [0.1, 0.15) is 17.1 Å². The second-order valence-corrected chi connectivity index (χ2v) is 4.94. The molecule has 0 spiro atoms. The molecule has 10 heteroatoms. The van der Waals surface area contributed by atoms with E-state index in [0.29, 0.717) is 17.0 Å². The number of benzene rings is 1. The summed E-state index contributed by atoms with van der Waals surface area (Å²) in [6.45, 7) is 1.64. The zero-order chi connectivity index (χ0) is 16.8. The normalized spacial score (nSPS) is 11.9. The molecule has 3 rings (SSSR count). The van der Waals surface area contributed by atoms with Gasteiger partial charge in [-0.15, -0.1) is 13.2 Å². The average Bonchev–Trinajstić information content (AvgIpc) is 2.73. The first-order valence-corrected chi connectivity index (χ1v) is 6.66. The Labute approximate surface area is 132 Å². The van der Waals surface area contributed by atoms with E-state index in [1.807, 2.05) is 0 Å². The zero-order valence-electron chi connectivity index (χ0n) is 11.6. The lowest BCUT2D eigenvalue weighted by molar-refractivity contribution is -0.274. The molecule has 6 nitrogen and oxygen atoms in total. The fourth-order valence-electron chi connectivity index (χ4n) is 2.14. The topological polar surface area (TPSA) is 78.9 Å². The van der Waals surface area contributed by atoms with Crippen LogP contribution < -0.4 is 10.5 Å². The number of nitrogens with two attached hydrogens (primary N) is 1. The molecule has 0 fully saturated rings. The first kappa shape index (κ1) is 15.3. The Morgan fingerprint density at radius 3 is 2.65 bits per heavy atom. The number of hydrogen-bond donors (Lipinski definition) is 1. The van der Waals surface area contributed by atoms with Gasteiger partial charge < -0.3 is 10.5 Å². The molecule has 0 amide bonds. The van der Waals surface area contributed by atoms with Crippen molar-refractivity contribution < 1.29 is 17.9 Å². The predicted molar refractivity (Wildman–Crippen MR) is 77.5 cm³/mol. The Kier molecular flexibility index (Phi) is 3.52. The first-order chi connectivity index (χ1) is 10.7. The highest BCUT2D eigenvalue weighted by atomic mass is 35.5. The number of halogens is 4. The maximum Gasteiger partial charge on any atom is 0.573 e. The number of imidazole rings is 1. The van der Waals surface area contributed by atoms with Gasteiger partial charge in [-0.3, -0.25) is 4.57 Å². The zero-order valence-corrected chi connectivity index (χ0v) is 12.4. The van der Waals surface area contributed by atoms with Crippen molar-refractivity contribution in [3.8, 4) is 11.4 Å². The summed E-state index contributed by atoms with van der Waals surface area (Å²) >= 11 is 6.10. The van der Waals surface area contributed by atoms with Crippen molar-refractivity contribution in [3.63, 3.8) is 0 Å². The van der Waals surface area contributed by atoms with E-state index in [0.717, 1.165) is 0 Å². The van der Waals surface area contributed by atoms with Gasteiger partial charge in [0, 0.05) is 6.07 Å². The van der Waals surface area contributed by atoms with Crippen molar-refractivity contribution in [1.29, 1.82) is 0 Å². The Morgan fingerprint density at radius 2 is 1.96 bits per heavy atom. The maximum absolute atomic E-state index is 12.3. The molecule has 2 aromatic heterocycles. The maximum atomic E-state index is 12.3. The SMILES string of the molecule is Cc1nc(Cl)c2c(n1)nc(N)n2-c1cccc(OC(F)(F)F)c1. The third-order valence-electron chi connectivity index (χ3n) is 2.92. The van der Waals surface area contributed by atoms with Crippen LogP contribution in [0, 0.1) is 6.92 Å². The Morgan fingerprint density at radius 1 is 1.22 bits per heavy atom. The van der Waals surface area contributed by atoms with Crippen LogP contribution in [0.25, 0.3) is 16.9 Å². The van der Waals surface area contributed by atoms with Gasteiger partial charge in [-0.2, -0.15) is 4.98 Å². The van der Waals surface area contributed by atoms with Gasteiger partial charge in [-0.25, -0.2) is 9.97 Å². The summed E-state index contributed by atoms with van der Waals surface area (Å²) < 4.78 is 42.3. The van der Waals surface area contributed by atoms with Crippen molar-refractivity contribution >= 4 is 28.7 Å². The summed E-state index contributed by atoms with van der Waals surface area (Å²) in [7, 11) is 0. The minimum absolute atomic E-state index is 0.0194. The largest absolute Gasteiger partial charge is 0.573 e. The molecular weight excluding hydrogens is 335 g/mol. The molecule has 0 atom stereocenters. The minimum atomic E-state index is -4.79. The van der Waals surface area contributed by atoms with Crippen LogP contribution in [0.4, 0.5) is 19.1 Å². The highest BCUT2D eigenvalue weighted by Gasteiger charge is 2.31. The summed E-state index contributed by atoms with van der Waals surface area (Å²) in [5.74, 6) is 0.0349. The summed E-state index contributed by atoms with van der Waals surface area (Å²) in [5, 5.41) is 0.0962. The molecule has 2 heterocycles. The molecular formula is C13H9ClF3N5O. The van der Waals surface area contributed by atoms with Gasteiger partial charge in [0.25, 0.3) is 0 Å². The molecule has 0 bridgehead atoms. The number of rotatable bonds is 2. The Balaban J connectivity index is 2.17. The first-order valence-electron chi connectivity index (χ1n) is 6.29. The lowest BCUT2D eigenvalue weighted by Gasteiger charge is -2.11. The number of fused-ring (bicyclic) bond motifs is 1. The van der Waals surface area contributed by atoms with E-state index in [2.05, 4.69) is 19.7 Å². The molecule has 0 radical (unpaired) electrons. The van der Waals surface area contributed by atoms with Crippen LogP contribution in [-0.4, -0.2) is 25.9 Å². The monoisotopic (exact) mass is 343 g/mol. The minimum Gasteiger partial charge on any atom is -0.406 e. The molecule has 0 saturated carbocycles. The number of aromatic nitrogens is 4. The van der Waals surface area contributed by atoms with Crippen LogP contribution in [0.5, 0.6) is 5.75 Å². The van der Waals surface area contributed by atoms with Crippen molar-refractivity contribution in [3.05, 3.63) is 35.2 Å². The van der Waals surface area contributed by atoms with Crippen molar-refractivity contribution in [2.45, 2.75) is 13.3 Å². The summed E-state index contributed by atoms with van der Waals surface area (Å²) in [5.41, 5.74) is 6.69. The molecule has 0 aliphatic rings. The molecule has 23 heavy (non-hydrogen) atoms. The fraction of sp³-hybridized carbons (Fsp3) is 0.154. The van der Waals surface area contributed by atoms with E-state index in [-0.39, 0.29) is 22.5 Å². The van der Waals surface area contributed by atoms with Crippen LogP contribution in [0.2, 0.25) is 5.15 Å². The van der Waals surface area contributed by atoms with Crippen LogP contribution >= 0.6 is 11.6 Å². The third kappa shape index (κ3) is 3.00. The summed E-state index contributed by atoms with van der Waals surface area (Å²) in [6, 6.07) is 5.28. The van der Waals surface area contributed by atoms with E-state index in [1.165, 1.54) is 28.8 Å². The van der Waals surface area contributed by atoms with E-state index < -0.39 is 6.36 Å². The third-order valence-corrected chi connectivity index (χ3v) is 3.18. The van der Waals surface area contributed by atoms with Crippen LogP contribution in [-0.2, 0) is 0 Å². The molecule has 2 N–H and O–H groups in total. The molecule has 0 unspecified atom stereocenters. The van der Waals surface area contributed by atoms with Crippen LogP contribution in [0.15, 0.2) is 24.3 Å². The van der Waals surface area contributed by atoms with Crippen molar-refractivity contribution in [2.24, 2.45) is 0 Å². The second-order valence-electron chi connectivity index (χ2n) is 4.58. The number of alkyl halides is 3. The van der Waals surface area contributed by atoms with E-state index in [9.17, 15) is 13.2 Å². The molecule has 0 aliphatic heterocycles. The standard InChI is InChI=1S/C13H9ClF3N5O/c1-6-19-10(14)9-11(20-6)21-12(18)22(9)7-3-2-4-8(5-7)23-13(15,16)17/h2-5H,1H3,(H2,18,19,20,21). The van der Waals surface area contributed by atoms with Gasteiger partial charge >= 0.3 is 6.36 Å². The summed E-state index contributed by atoms with van der Waals surface area (Å²) in [4.78, 5) is 12.2. The van der Waals surface area contributed by atoms with Gasteiger partial charge in [-0.05, 0) is 19.1 Å². The average molecular weight is 344 g/mol. The molecule has 3 aromatic rings. The van der Waals surface area contributed by atoms with Gasteiger partial charge in [0.2, 0.25) is 5.95 Å². The molecule has 1 aromatic carbocycles. The molecule has 0 aliphatic carbocycles. The Bertz CT molecular complexity index is 893. The van der Waals surface area contributed by atoms with Crippen LogP contribution in [0.1, 0.15) is 5.82 Å². The quantitative estimate of drug-likeness (QED) is 0.722. The van der Waals surface area contributed by atoms with Crippen molar-refractivity contribution in [2.75, 3.05) is 5.73 Å². The lowest BCUT2D eigenvalue weighted by atomic mass is 10.3. The smallest absolute Gasteiger partial charge is 0.406 e. The van der Waals surface area contributed by atoms with Gasteiger partial charge in [0.15, 0.2) is 10.8 Å². The fourth-order valence-corrected chi connectivity index (χ4v) is 2.43. The Hall–Kier alpha value is -2.55. The lowest BCUT2D eigenvalue weighted by Crippen LogP contribution is -2.17. The van der Waals surface area contributed by atoms with Gasteiger partial charge in [0.05, 0.1) is 5.69 Å². The highest BCUT2D eigenvalue weighted by Crippen LogP contribution is 2.30. The van der Waals surface area contributed by atoms with Crippen LogP contribution in [0.3, 0.4) is 0 Å².